The van der Waals surface area contributed by atoms with Crippen LogP contribution in [-0.2, 0) is 5.41 Å². The first-order chi connectivity index (χ1) is 30.0. The second-order valence-electron chi connectivity index (χ2n) is 17.2. The van der Waals surface area contributed by atoms with Gasteiger partial charge in [-0.1, -0.05) is 147 Å². The summed E-state index contributed by atoms with van der Waals surface area (Å²) in [5, 5.41) is 8.50. The molecule has 0 atom stereocenters. The zero-order valence-corrected chi connectivity index (χ0v) is 33.9. The van der Waals surface area contributed by atoms with E-state index in [1.165, 1.54) is 87.9 Å². The molecule has 0 spiro atoms. The maximum absolute atomic E-state index is 5.49. The molecule has 3 heterocycles. The number of fused-ring (bicyclic) bond motifs is 11. The summed E-state index contributed by atoms with van der Waals surface area (Å²) in [4.78, 5) is 5.49. The molecule has 12 aromatic rings. The van der Waals surface area contributed by atoms with Gasteiger partial charge in [0.1, 0.15) is 5.82 Å². The molecule has 0 N–H and O–H groups in total. The average Bonchev–Trinajstić information content (AvgIpc) is 3.89. The van der Waals surface area contributed by atoms with E-state index in [0.29, 0.717) is 0 Å². The van der Waals surface area contributed by atoms with Crippen LogP contribution in [0, 0.1) is 0 Å². The molecule has 3 heteroatoms. The first-order valence-corrected chi connectivity index (χ1v) is 21.2. The molecule has 13 rings (SSSR count). The molecular weight excluding hydrogens is 739 g/mol. The molecule has 61 heavy (non-hydrogen) atoms. The quantitative estimate of drug-likeness (QED) is 0.174. The standard InChI is InChI=1S/C58H39N3/c1-58(2)50-21-11-8-18-42(50)43-27-25-40(32-51(43)58)47-35-57(59-52-22-12-9-19-44(47)52)61-55-34-39(24-28-46(55)49-30-36-14-6-7-15-37(36)33-56(49)61)38-26-29-54-48(31-38)45-20-10-13-23-53(45)60(54)41-16-4-3-5-17-41/h3-35H,1-2H3. The van der Waals surface area contributed by atoms with E-state index in [1.54, 1.807) is 0 Å². The number of rotatable bonds is 4. The van der Waals surface area contributed by atoms with Crippen molar-refractivity contribution in [3.63, 3.8) is 0 Å². The third-order valence-electron chi connectivity index (χ3n) is 13.5. The second-order valence-corrected chi connectivity index (χ2v) is 17.2. The molecular formula is C58H39N3. The normalized spacial score (nSPS) is 13.2. The highest BCUT2D eigenvalue weighted by atomic mass is 15.1. The van der Waals surface area contributed by atoms with Crippen molar-refractivity contribution in [2.75, 3.05) is 0 Å². The minimum atomic E-state index is -0.0998. The number of pyridine rings is 1. The third kappa shape index (κ3) is 4.95. The topological polar surface area (TPSA) is 22.8 Å². The van der Waals surface area contributed by atoms with Crippen molar-refractivity contribution in [1.82, 2.24) is 14.1 Å². The minimum absolute atomic E-state index is 0.0998. The van der Waals surface area contributed by atoms with Crippen LogP contribution in [0.5, 0.6) is 0 Å². The molecule has 286 valence electrons. The Morgan fingerprint density at radius 2 is 0.984 bits per heavy atom. The smallest absolute Gasteiger partial charge is 0.138 e. The molecule has 3 nitrogen and oxygen atoms in total. The van der Waals surface area contributed by atoms with Gasteiger partial charge in [0.25, 0.3) is 0 Å². The summed E-state index contributed by atoms with van der Waals surface area (Å²) in [7, 11) is 0. The van der Waals surface area contributed by atoms with Crippen LogP contribution in [0.15, 0.2) is 200 Å². The Kier molecular flexibility index (Phi) is 7.07. The van der Waals surface area contributed by atoms with Gasteiger partial charge in [0.05, 0.1) is 27.6 Å². The highest BCUT2D eigenvalue weighted by Gasteiger charge is 2.35. The first-order valence-electron chi connectivity index (χ1n) is 21.2. The second kappa shape index (κ2) is 12.6. The van der Waals surface area contributed by atoms with Crippen molar-refractivity contribution < 1.29 is 0 Å². The summed E-state index contributed by atoms with van der Waals surface area (Å²) in [5.41, 5.74) is 16.9. The van der Waals surface area contributed by atoms with Crippen LogP contribution in [0.3, 0.4) is 0 Å². The molecule has 3 aromatic heterocycles. The third-order valence-corrected chi connectivity index (χ3v) is 13.5. The molecule has 0 amide bonds. The van der Waals surface area contributed by atoms with Gasteiger partial charge >= 0.3 is 0 Å². The van der Waals surface area contributed by atoms with Crippen LogP contribution >= 0.6 is 0 Å². The van der Waals surface area contributed by atoms with Crippen molar-refractivity contribution in [2.24, 2.45) is 0 Å². The maximum atomic E-state index is 5.49. The molecule has 0 bridgehead atoms. The van der Waals surface area contributed by atoms with E-state index in [0.717, 1.165) is 33.4 Å². The van der Waals surface area contributed by atoms with Crippen molar-refractivity contribution in [3.05, 3.63) is 211 Å². The number of aromatic nitrogens is 3. The number of hydrogen-bond acceptors (Lipinski definition) is 1. The Labute approximate surface area is 353 Å². The Morgan fingerprint density at radius 1 is 0.361 bits per heavy atom. The predicted octanol–water partition coefficient (Wildman–Crippen LogP) is 15.2. The van der Waals surface area contributed by atoms with Gasteiger partial charge in [0.2, 0.25) is 0 Å². The van der Waals surface area contributed by atoms with Gasteiger partial charge in [-0.3, -0.25) is 4.57 Å². The average molecular weight is 778 g/mol. The van der Waals surface area contributed by atoms with Gasteiger partial charge < -0.3 is 4.57 Å². The van der Waals surface area contributed by atoms with Crippen LogP contribution in [0.2, 0.25) is 0 Å². The Hall–Kier alpha value is -7.75. The maximum Gasteiger partial charge on any atom is 0.138 e. The molecule has 1 aliphatic carbocycles. The van der Waals surface area contributed by atoms with E-state index in [1.807, 2.05) is 0 Å². The summed E-state index contributed by atoms with van der Waals surface area (Å²) in [6, 6.07) is 73.6. The minimum Gasteiger partial charge on any atom is -0.309 e. The Morgan fingerprint density at radius 3 is 1.87 bits per heavy atom. The lowest BCUT2D eigenvalue weighted by molar-refractivity contribution is 0.660. The van der Waals surface area contributed by atoms with E-state index >= 15 is 0 Å². The Bertz CT molecular complexity index is 3790. The summed E-state index contributed by atoms with van der Waals surface area (Å²) >= 11 is 0. The van der Waals surface area contributed by atoms with Crippen molar-refractivity contribution >= 4 is 65.3 Å². The summed E-state index contributed by atoms with van der Waals surface area (Å²) in [5.74, 6) is 0.908. The van der Waals surface area contributed by atoms with Gasteiger partial charge in [0, 0.05) is 38.0 Å². The lowest BCUT2D eigenvalue weighted by Crippen LogP contribution is -2.14. The lowest BCUT2D eigenvalue weighted by atomic mass is 9.81. The Balaban J connectivity index is 1.05. The van der Waals surface area contributed by atoms with Gasteiger partial charge in [0.15, 0.2) is 0 Å². The highest BCUT2D eigenvalue weighted by molar-refractivity contribution is 6.15. The fraction of sp³-hybridized carbons (Fsp3) is 0.0517. The zero-order chi connectivity index (χ0) is 40.4. The van der Waals surface area contributed by atoms with Crippen LogP contribution < -0.4 is 0 Å². The van der Waals surface area contributed by atoms with Crippen LogP contribution in [0.25, 0.3) is 110 Å². The first kappa shape index (κ1) is 34.1. The van der Waals surface area contributed by atoms with E-state index in [-0.39, 0.29) is 5.41 Å². The zero-order valence-electron chi connectivity index (χ0n) is 33.9. The van der Waals surface area contributed by atoms with E-state index < -0.39 is 0 Å². The molecule has 9 aromatic carbocycles. The number of hydrogen-bond donors (Lipinski definition) is 0. The van der Waals surface area contributed by atoms with Crippen LogP contribution in [0.1, 0.15) is 25.0 Å². The number of nitrogens with zero attached hydrogens (tertiary/aromatic N) is 3. The van der Waals surface area contributed by atoms with E-state index in [9.17, 15) is 0 Å². The van der Waals surface area contributed by atoms with E-state index in [2.05, 4.69) is 223 Å². The molecule has 0 fully saturated rings. The molecule has 0 radical (unpaired) electrons. The lowest BCUT2D eigenvalue weighted by Gasteiger charge is -2.22. The molecule has 0 saturated heterocycles. The largest absolute Gasteiger partial charge is 0.309 e. The van der Waals surface area contributed by atoms with Crippen LogP contribution in [-0.4, -0.2) is 14.1 Å². The summed E-state index contributed by atoms with van der Waals surface area (Å²) in [6.45, 7) is 4.72. The molecule has 1 aliphatic rings. The SMILES string of the molecule is CC1(C)c2ccccc2-c2ccc(-c3cc(-n4c5cc(-c6ccc7c(c6)c6ccccc6n7-c6ccccc6)ccc5c5cc6ccccc6cc54)nc4ccccc34)cc21. The summed E-state index contributed by atoms with van der Waals surface area (Å²) in [6.07, 6.45) is 0. The number of para-hydroxylation sites is 3. The van der Waals surface area contributed by atoms with Gasteiger partial charge in [-0.05, 0) is 122 Å². The summed E-state index contributed by atoms with van der Waals surface area (Å²) < 4.78 is 4.79. The molecule has 0 unspecified atom stereocenters. The van der Waals surface area contributed by atoms with Crippen molar-refractivity contribution in [1.29, 1.82) is 0 Å². The molecule has 0 aliphatic heterocycles. The van der Waals surface area contributed by atoms with Crippen LogP contribution in [0.4, 0.5) is 0 Å². The van der Waals surface area contributed by atoms with Gasteiger partial charge in [-0.15, -0.1) is 0 Å². The number of benzene rings is 9. The fourth-order valence-corrected chi connectivity index (χ4v) is 10.5. The van der Waals surface area contributed by atoms with Crippen molar-refractivity contribution in [2.45, 2.75) is 19.3 Å². The van der Waals surface area contributed by atoms with Crippen molar-refractivity contribution in [3.8, 4) is 44.9 Å². The predicted molar refractivity (Wildman–Crippen MR) is 256 cm³/mol. The van der Waals surface area contributed by atoms with Gasteiger partial charge in [-0.2, -0.15) is 0 Å². The van der Waals surface area contributed by atoms with E-state index in [4.69, 9.17) is 4.98 Å². The monoisotopic (exact) mass is 777 g/mol. The molecule has 0 saturated carbocycles. The highest BCUT2D eigenvalue weighted by Crippen LogP contribution is 2.50. The fourth-order valence-electron chi connectivity index (χ4n) is 10.5. The van der Waals surface area contributed by atoms with Gasteiger partial charge in [-0.25, -0.2) is 4.98 Å².